The van der Waals surface area contributed by atoms with E-state index in [2.05, 4.69) is 30.4 Å². The Bertz CT molecular complexity index is 1410. The monoisotopic (exact) mass is 527 g/mol. The lowest BCUT2D eigenvalue weighted by Gasteiger charge is -2.34. The summed E-state index contributed by atoms with van der Waals surface area (Å²) in [7, 11) is 5.12. The number of nitrogens with one attached hydrogen (secondary N) is 1. The van der Waals surface area contributed by atoms with Crippen molar-refractivity contribution in [2.45, 2.75) is 50.5 Å². The van der Waals surface area contributed by atoms with E-state index in [9.17, 15) is 13.2 Å². The van der Waals surface area contributed by atoms with Crippen molar-refractivity contribution in [2.24, 2.45) is 7.05 Å². The summed E-state index contributed by atoms with van der Waals surface area (Å²) >= 11 is 0. The minimum atomic E-state index is -4.47. The highest BCUT2D eigenvalue weighted by atomic mass is 19.4. The molecule has 38 heavy (non-hydrogen) atoms. The highest BCUT2D eigenvalue weighted by Crippen LogP contribution is 2.46. The molecule has 1 fully saturated rings. The molecule has 1 saturated carbocycles. The van der Waals surface area contributed by atoms with Crippen molar-refractivity contribution in [1.82, 2.24) is 40.2 Å². The van der Waals surface area contributed by atoms with Crippen molar-refractivity contribution in [3.8, 4) is 17.1 Å². The topological polar surface area (TPSA) is 97.1 Å². The molecule has 200 valence electrons. The molecule has 0 aromatic carbocycles. The van der Waals surface area contributed by atoms with Crippen LogP contribution in [-0.2, 0) is 25.7 Å². The van der Waals surface area contributed by atoms with Crippen LogP contribution < -0.4 is 15.0 Å². The summed E-state index contributed by atoms with van der Waals surface area (Å²) in [5, 5.41) is 16.2. The molecule has 0 amide bonds. The molecule has 1 N–H and O–H groups in total. The van der Waals surface area contributed by atoms with Gasteiger partial charge in [-0.3, -0.25) is 4.68 Å². The van der Waals surface area contributed by atoms with E-state index in [0.29, 0.717) is 36.4 Å². The van der Waals surface area contributed by atoms with E-state index in [-0.39, 0.29) is 0 Å². The van der Waals surface area contributed by atoms with Crippen LogP contribution in [0, 0.1) is 0 Å². The lowest BCUT2D eigenvalue weighted by molar-refractivity contribution is -0.0978. The molecule has 2 aliphatic heterocycles. The average molecular weight is 528 g/mol. The number of aromatic nitrogens is 6. The Kier molecular flexibility index (Phi) is 5.51. The molecule has 1 unspecified atom stereocenters. The van der Waals surface area contributed by atoms with Crippen LogP contribution in [0.4, 0.5) is 19.0 Å². The maximum atomic E-state index is 13.3. The molecule has 0 spiro atoms. The van der Waals surface area contributed by atoms with E-state index in [0.717, 1.165) is 53.7 Å². The second kappa shape index (κ2) is 8.57. The van der Waals surface area contributed by atoms with Crippen LogP contribution in [0.25, 0.3) is 11.3 Å². The summed E-state index contributed by atoms with van der Waals surface area (Å²) in [5.74, 6) is 1.53. The number of hydrogen-bond donors (Lipinski definition) is 1. The van der Waals surface area contributed by atoms with E-state index >= 15 is 0 Å². The first-order valence-corrected chi connectivity index (χ1v) is 12.4. The molecule has 0 radical (unpaired) electrons. The van der Waals surface area contributed by atoms with E-state index in [1.807, 2.05) is 11.7 Å². The molecule has 1 aliphatic carbocycles. The predicted octanol–water partition coefficient (Wildman–Crippen LogP) is 3.23. The van der Waals surface area contributed by atoms with Crippen LogP contribution in [0.2, 0.25) is 0 Å². The zero-order valence-electron chi connectivity index (χ0n) is 21.5. The molecule has 0 bridgehead atoms. The number of ether oxygens (including phenoxy) is 1. The molecular weight excluding hydrogens is 499 g/mol. The summed E-state index contributed by atoms with van der Waals surface area (Å²) in [6.07, 6.45) is 1.02. The zero-order valence-corrected chi connectivity index (χ0v) is 21.5. The van der Waals surface area contributed by atoms with Gasteiger partial charge in [-0.2, -0.15) is 18.3 Å². The molecular formula is C25H28F3N9O. The second-order valence-corrected chi connectivity index (χ2v) is 10.1. The van der Waals surface area contributed by atoms with E-state index in [1.54, 1.807) is 39.5 Å². The van der Waals surface area contributed by atoms with Gasteiger partial charge in [0.1, 0.15) is 23.4 Å². The standard InChI is InChI=1S/C25H28F3N9O/c1-24(31-18(12-35(24)2)25(26,27)28)17-7-8-19(33-32-17)37-10-9-16-15(11-37)22(34-36(16)3)20-21(14-5-6-14)29-13-30-23(20)38-4/h7-8,12-14,31H,5-6,9-11H2,1-4H3. The predicted molar refractivity (Wildman–Crippen MR) is 132 cm³/mol. The van der Waals surface area contributed by atoms with Crippen LogP contribution in [0.3, 0.4) is 0 Å². The SMILES string of the molecule is COc1ncnc(C2CC2)c1-c1nn(C)c2c1CN(c1ccc(C3(C)NC(C(F)(F)F)=CN3C)nn1)CC2. The number of alkyl halides is 3. The lowest BCUT2D eigenvalue weighted by Crippen LogP contribution is -2.46. The van der Waals surface area contributed by atoms with Crippen molar-refractivity contribution < 1.29 is 17.9 Å². The van der Waals surface area contributed by atoms with Crippen molar-refractivity contribution in [1.29, 1.82) is 0 Å². The van der Waals surface area contributed by atoms with Gasteiger partial charge in [0.25, 0.3) is 0 Å². The zero-order chi connectivity index (χ0) is 26.8. The van der Waals surface area contributed by atoms with Crippen LogP contribution in [0.15, 0.2) is 30.4 Å². The van der Waals surface area contributed by atoms with Crippen molar-refractivity contribution >= 4 is 5.82 Å². The summed E-state index contributed by atoms with van der Waals surface area (Å²) in [5.41, 5.74) is 3.22. The second-order valence-electron chi connectivity index (χ2n) is 10.1. The van der Waals surface area contributed by atoms with Crippen molar-refractivity contribution in [2.75, 3.05) is 25.6 Å². The van der Waals surface area contributed by atoms with Crippen LogP contribution >= 0.6 is 0 Å². The Labute approximate surface area is 217 Å². The average Bonchev–Trinajstić information content (AvgIpc) is 3.63. The molecule has 6 rings (SSSR count). The Morgan fingerprint density at radius 2 is 1.92 bits per heavy atom. The number of rotatable bonds is 5. The van der Waals surface area contributed by atoms with E-state index in [1.165, 1.54) is 4.90 Å². The minimum Gasteiger partial charge on any atom is -0.480 e. The molecule has 0 saturated heterocycles. The molecule has 13 heteroatoms. The fraction of sp³-hybridized carbons (Fsp3) is 0.480. The number of anilines is 1. The Morgan fingerprint density at radius 3 is 2.55 bits per heavy atom. The van der Waals surface area contributed by atoms with E-state index < -0.39 is 17.5 Å². The first-order valence-electron chi connectivity index (χ1n) is 12.4. The van der Waals surface area contributed by atoms with Crippen LogP contribution in [0.1, 0.15) is 48.3 Å². The quantitative estimate of drug-likeness (QED) is 0.536. The van der Waals surface area contributed by atoms with Gasteiger partial charge in [-0.1, -0.05) is 0 Å². The van der Waals surface area contributed by atoms with Gasteiger partial charge in [-0.25, -0.2) is 9.97 Å². The summed E-state index contributed by atoms with van der Waals surface area (Å²) in [6.45, 7) is 2.89. The lowest BCUT2D eigenvalue weighted by atomic mass is 9.99. The smallest absolute Gasteiger partial charge is 0.432 e. The molecule has 3 aromatic heterocycles. The molecule has 5 heterocycles. The summed E-state index contributed by atoms with van der Waals surface area (Å²) in [6, 6.07) is 3.52. The summed E-state index contributed by atoms with van der Waals surface area (Å²) in [4.78, 5) is 12.5. The minimum absolute atomic E-state index is 0.383. The third-order valence-electron chi connectivity index (χ3n) is 7.66. The first-order chi connectivity index (χ1) is 18.1. The highest BCUT2D eigenvalue weighted by molar-refractivity contribution is 5.73. The number of nitrogens with zero attached hydrogens (tertiary/aromatic N) is 8. The van der Waals surface area contributed by atoms with Gasteiger partial charge in [0.2, 0.25) is 5.88 Å². The highest BCUT2D eigenvalue weighted by Gasteiger charge is 2.46. The van der Waals surface area contributed by atoms with Gasteiger partial charge in [0, 0.05) is 57.0 Å². The molecule has 3 aromatic rings. The van der Waals surface area contributed by atoms with Gasteiger partial charge in [0.15, 0.2) is 11.5 Å². The molecule has 10 nitrogen and oxygen atoms in total. The fourth-order valence-electron chi connectivity index (χ4n) is 5.26. The number of methoxy groups -OCH3 is 1. The number of halogens is 3. The third kappa shape index (κ3) is 3.91. The molecule has 1 atom stereocenters. The third-order valence-corrected chi connectivity index (χ3v) is 7.66. The number of hydrogen-bond acceptors (Lipinski definition) is 9. The summed E-state index contributed by atoms with van der Waals surface area (Å²) < 4.78 is 47.4. The number of aryl methyl sites for hydroxylation is 1. The number of fused-ring (bicyclic) bond motifs is 1. The van der Waals surface area contributed by atoms with Crippen LogP contribution in [0.5, 0.6) is 5.88 Å². The van der Waals surface area contributed by atoms with Crippen LogP contribution in [-0.4, -0.2) is 61.7 Å². The van der Waals surface area contributed by atoms with E-state index in [4.69, 9.17) is 9.84 Å². The maximum Gasteiger partial charge on any atom is 0.432 e. The van der Waals surface area contributed by atoms with Gasteiger partial charge < -0.3 is 19.9 Å². The molecule has 3 aliphatic rings. The first kappa shape index (κ1) is 24.4. The largest absolute Gasteiger partial charge is 0.480 e. The van der Waals surface area contributed by atoms with Gasteiger partial charge >= 0.3 is 6.18 Å². The Morgan fingerprint density at radius 1 is 1.13 bits per heavy atom. The van der Waals surface area contributed by atoms with Gasteiger partial charge in [0.05, 0.1) is 18.4 Å². The Hall–Kier alpha value is -3.90. The van der Waals surface area contributed by atoms with Crippen molar-refractivity contribution in [3.63, 3.8) is 0 Å². The fourth-order valence-corrected chi connectivity index (χ4v) is 5.26. The van der Waals surface area contributed by atoms with Crippen molar-refractivity contribution in [3.05, 3.63) is 53.0 Å². The van der Waals surface area contributed by atoms with Gasteiger partial charge in [-0.15, -0.1) is 10.2 Å². The number of allylic oxidation sites excluding steroid dienone is 1. The van der Waals surface area contributed by atoms with Gasteiger partial charge in [-0.05, 0) is 31.9 Å². The maximum absolute atomic E-state index is 13.3. The normalized spacial score (nSPS) is 21.3. The Balaban J connectivity index is 1.29.